The normalized spacial score (nSPS) is 15.7. The van der Waals surface area contributed by atoms with Gasteiger partial charge >= 0.3 is 6.18 Å². The minimum absolute atomic E-state index is 0.0933. The van der Waals surface area contributed by atoms with Crippen molar-refractivity contribution in [2.24, 2.45) is 0 Å². The number of alkyl halides is 3. The van der Waals surface area contributed by atoms with E-state index in [-0.39, 0.29) is 21.0 Å². The van der Waals surface area contributed by atoms with E-state index in [1.165, 1.54) is 18.2 Å². The lowest BCUT2D eigenvalue weighted by molar-refractivity contribution is -0.137. The zero-order valence-electron chi connectivity index (χ0n) is 18.6. The van der Waals surface area contributed by atoms with Crippen LogP contribution in [0.2, 0.25) is 5.02 Å². The zero-order chi connectivity index (χ0) is 25.1. The average Bonchev–Trinajstić information content (AvgIpc) is 2.79. The lowest BCUT2D eigenvalue weighted by Crippen LogP contribution is -2.55. The van der Waals surface area contributed by atoms with E-state index in [2.05, 4.69) is 14.9 Å². The molecule has 2 aromatic carbocycles. The van der Waals surface area contributed by atoms with Crippen molar-refractivity contribution in [1.82, 2.24) is 10.2 Å². The van der Waals surface area contributed by atoms with E-state index in [0.29, 0.717) is 25.8 Å². The number of nitrogens with zero attached hydrogens (tertiary/aromatic N) is 1. The highest BCUT2D eigenvalue weighted by Crippen LogP contribution is 2.34. The molecule has 1 amide bonds. The Morgan fingerprint density at radius 1 is 1.12 bits per heavy atom. The van der Waals surface area contributed by atoms with Crippen molar-refractivity contribution in [2.75, 3.05) is 37.6 Å². The summed E-state index contributed by atoms with van der Waals surface area (Å²) in [5.41, 5.74) is -1.72. The molecule has 186 valence electrons. The molecule has 12 heteroatoms. The Morgan fingerprint density at radius 2 is 1.79 bits per heavy atom. The summed E-state index contributed by atoms with van der Waals surface area (Å²) in [5, 5.41) is 2.62. The van der Waals surface area contributed by atoms with Gasteiger partial charge in [-0.05, 0) is 50.2 Å². The molecule has 0 spiro atoms. The van der Waals surface area contributed by atoms with Gasteiger partial charge in [0.1, 0.15) is 0 Å². The number of carbonyl (C=O) groups is 1. The monoisotopic (exact) mass is 519 g/mol. The van der Waals surface area contributed by atoms with Crippen LogP contribution in [0.1, 0.15) is 29.8 Å². The molecule has 1 fully saturated rings. The molecular formula is C22H25ClF3N3O4S. The Labute approximate surface area is 201 Å². The van der Waals surface area contributed by atoms with E-state index in [9.17, 15) is 26.4 Å². The standard InChI is InChI=1S/C22H25ClF3N3O4S/c1-21(2,29-8-10-33-11-9-29)14-27-20(30)15-4-3-5-17(12-15)34(31,32)28-19-13-16(22(24,25)26)6-7-18(19)23/h3-7,12-13,28H,8-11,14H2,1-2H3,(H,27,30). The van der Waals surface area contributed by atoms with Gasteiger partial charge in [-0.1, -0.05) is 17.7 Å². The van der Waals surface area contributed by atoms with Crippen LogP contribution < -0.4 is 10.0 Å². The van der Waals surface area contributed by atoms with Crippen LogP contribution in [0.3, 0.4) is 0 Å². The molecule has 0 aliphatic carbocycles. The molecule has 1 aliphatic heterocycles. The summed E-state index contributed by atoms with van der Waals surface area (Å²) in [6.07, 6.45) is -4.67. The third-order valence-electron chi connectivity index (χ3n) is 5.49. The van der Waals surface area contributed by atoms with E-state index in [0.717, 1.165) is 31.3 Å². The Hall–Kier alpha value is -2.34. The van der Waals surface area contributed by atoms with Gasteiger partial charge in [0.05, 0.1) is 34.4 Å². The number of amides is 1. The van der Waals surface area contributed by atoms with Gasteiger partial charge < -0.3 is 10.1 Å². The molecule has 0 saturated carbocycles. The number of nitrogens with one attached hydrogen (secondary N) is 2. The minimum atomic E-state index is -4.67. The van der Waals surface area contributed by atoms with Gasteiger partial charge in [-0.25, -0.2) is 8.42 Å². The number of morpholine rings is 1. The maximum atomic E-state index is 13.0. The van der Waals surface area contributed by atoms with Crippen molar-refractivity contribution >= 4 is 33.2 Å². The van der Waals surface area contributed by atoms with Crippen LogP contribution in [0.25, 0.3) is 0 Å². The van der Waals surface area contributed by atoms with Gasteiger partial charge in [0.25, 0.3) is 15.9 Å². The molecule has 1 saturated heterocycles. The number of anilines is 1. The predicted molar refractivity (Wildman–Crippen MR) is 123 cm³/mol. The molecule has 3 rings (SSSR count). The van der Waals surface area contributed by atoms with Gasteiger partial charge in [-0.15, -0.1) is 0 Å². The minimum Gasteiger partial charge on any atom is -0.379 e. The molecule has 0 aromatic heterocycles. The second-order valence-electron chi connectivity index (χ2n) is 8.42. The van der Waals surface area contributed by atoms with Crippen molar-refractivity contribution in [3.63, 3.8) is 0 Å². The smallest absolute Gasteiger partial charge is 0.379 e. The first-order chi connectivity index (χ1) is 15.8. The first kappa shape index (κ1) is 26.3. The molecule has 2 aromatic rings. The highest BCUT2D eigenvalue weighted by molar-refractivity contribution is 7.92. The summed E-state index contributed by atoms with van der Waals surface area (Å²) in [6, 6.07) is 7.55. The molecule has 0 atom stereocenters. The molecule has 1 aliphatic rings. The summed E-state index contributed by atoms with van der Waals surface area (Å²) < 4.78 is 72.0. The lowest BCUT2D eigenvalue weighted by Gasteiger charge is -2.40. The van der Waals surface area contributed by atoms with E-state index >= 15 is 0 Å². The summed E-state index contributed by atoms with van der Waals surface area (Å²) >= 11 is 5.90. The van der Waals surface area contributed by atoms with Crippen LogP contribution in [0, 0.1) is 0 Å². The molecule has 34 heavy (non-hydrogen) atoms. The van der Waals surface area contributed by atoms with E-state index in [1.54, 1.807) is 0 Å². The quantitative estimate of drug-likeness (QED) is 0.577. The Kier molecular flexibility index (Phi) is 7.81. The second-order valence-corrected chi connectivity index (χ2v) is 10.5. The van der Waals surface area contributed by atoms with Gasteiger partial charge in [-0.3, -0.25) is 14.4 Å². The zero-order valence-corrected chi connectivity index (χ0v) is 20.1. The molecule has 1 heterocycles. The van der Waals surface area contributed by atoms with Crippen LogP contribution in [0.15, 0.2) is 47.4 Å². The number of halogens is 4. The Bertz CT molecular complexity index is 1150. The van der Waals surface area contributed by atoms with E-state index < -0.39 is 33.4 Å². The number of benzene rings is 2. The molecular weight excluding hydrogens is 495 g/mol. The SMILES string of the molecule is CC(C)(CNC(=O)c1cccc(S(=O)(=O)Nc2cc(C(F)(F)F)ccc2Cl)c1)N1CCOCC1. The fourth-order valence-corrected chi connectivity index (χ4v) is 4.80. The summed E-state index contributed by atoms with van der Waals surface area (Å²) in [4.78, 5) is 14.6. The van der Waals surface area contributed by atoms with Crippen LogP contribution in [-0.2, 0) is 20.9 Å². The van der Waals surface area contributed by atoms with Crippen LogP contribution >= 0.6 is 11.6 Å². The number of hydrogen-bond acceptors (Lipinski definition) is 5. The Balaban J connectivity index is 1.74. The number of carbonyl (C=O) groups excluding carboxylic acids is 1. The average molecular weight is 520 g/mol. The van der Waals surface area contributed by atoms with Crippen molar-refractivity contribution in [3.8, 4) is 0 Å². The van der Waals surface area contributed by atoms with Gasteiger partial charge in [-0.2, -0.15) is 13.2 Å². The summed E-state index contributed by atoms with van der Waals surface area (Å²) in [5.74, 6) is -0.476. The number of ether oxygens (including phenoxy) is 1. The fraction of sp³-hybridized carbons (Fsp3) is 0.409. The topological polar surface area (TPSA) is 87.7 Å². The van der Waals surface area contributed by atoms with Crippen LogP contribution in [0.5, 0.6) is 0 Å². The third-order valence-corrected chi connectivity index (χ3v) is 7.19. The molecule has 2 N–H and O–H groups in total. The predicted octanol–water partition coefficient (Wildman–Crippen LogP) is 4.00. The van der Waals surface area contributed by atoms with Crippen LogP contribution in [-0.4, -0.2) is 57.6 Å². The van der Waals surface area contributed by atoms with Gasteiger partial charge in [0.2, 0.25) is 0 Å². The van der Waals surface area contributed by atoms with Crippen molar-refractivity contribution < 1.29 is 31.1 Å². The highest BCUT2D eigenvalue weighted by Gasteiger charge is 2.32. The maximum Gasteiger partial charge on any atom is 0.416 e. The van der Waals surface area contributed by atoms with Crippen molar-refractivity contribution in [3.05, 3.63) is 58.6 Å². The third kappa shape index (κ3) is 6.41. The highest BCUT2D eigenvalue weighted by atomic mass is 35.5. The second kappa shape index (κ2) is 10.1. The van der Waals surface area contributed by atoms with Gasteiger partial charge in [0.15, 0.2) is 0 Å². The fourth-order valence-electron chi connectivity index (χ4n) is 3.47. The van der Waals surface area contributed by atoms with Crippen LogP contribution in [0.4, 0.5) is 18.9 Å². The van der Waals surface area contributed by atoms with Gasteiger partial charge in [0, 0.05) is 30.7 Å². The maximum absolute atomic E-state index is 13.0. The van der Waals surface area contributed by atoms with E-state index in [1.807, 2.05) is 13.8 Å². The van der Waals surface area contributed by atoms with E-state index in [4.69, 9.17) is 16.3 Å². The Morgan fingerprint density at radius 3 is 2.44 bits per heavy atom. The number of hydrogen-bond donors (Lipinski definition) is 2. The van der Waals surface area contributed by atoms with Crippen molar-refractivity contribution in [1.29, 1.82) is 0 Å². The number of rotatable bonds is 7. The first-order valence-electron chi connectivity index (χ1n) is 10.4. The molecule has 0 radical (unpaired) electrons. The van der Waals surface area contributed by atoms with Crippen molar-refractivity contribution in [2.45, 2.75) is 30.5 Å². The first-order valence-corrected chi connectivity index (χ1v) is 12.3. The molecule has 0 unspecified atom stereocenters. The summed E-state index contributed by atoms with van der Waals surface area (Å²) in [7, 11) is -4.32. The largest absolute Gasteiger partial charge is 0.416 e. The lowest BCUT2D eigenvalue weighted by atomic mass is 10.0. The summed E-state index contributed by atoms with van der Waals surface area (Å²) in [6.45, 7) is 6.99. The number of sulfonamides is 1. The molecule has 7 nitrogen and oxygen atoms in total. The molecule has 0 bridgehead atoms.